The van der Waals surface area contributed by atoms with E-state index in [1.807, 2.05) is 0 Å². The van der Waals surface area contributed by atoms with Crippen LogP contribution in [0.1, 0.15) is 42.9 Å². The van der Waals surface area contributed by atoms with Crippen molar-refractivity contribution in [1.29, 1.82) is 0 Å². The van der Waals surface area contributed by atoms with Crippen molar-refractivity contribution in [2.24, 2.45) is 0 Å². The van der Waals surface area contributed by atoms with Gasteiger partial charge in [-0.05, 0) is 28.9 Å². The zero-order valence-corrected chi connectivity index (χ0v) is 14.1. The summed E-state index contributed by atoms with van der Waals surface area (Å²) in [4.78, 5) is 46.0. The van der Waals surface area contributed by atoms with Gasteiger partial charge in [-0.3, -0.25) is 19.2 Å². The Hall–Kier alpha value is -1.76. The van der Waals surface area contributed by atoms with Crippen molar-refractivity contribution in [1.82, 2.24) is 4.57 Å². The van der Waals surface area contributed by atoms with E-state index in [-0.39, 0.29) is 37.6 Å². The molecule has 0 aromatic carbocycles. The van der Waals surface area contributed by atoms with E-state index in [4.69, 9.17) is 4.74 Å². The van der Waals surface area contributed by atoms with Crippen LogP contribution in [0.5, 0.6) is 0 Å². The lowest BCUT2D eigenvalue weighted by Crippen LogP contribution is -2.18. The fourth-order valence-corrected chi connectivity index (χ4v) is 2.53. The van der Waals surface area contributed by atoms with E-state index >= 15 is 0 Å². The molecule has 0 amide bonds. The molecule has 22 heavy (non-hydrogen) atoms. The zero-order chi connectivity index (χ0) is 16.7. The Morgan fingerprint density at radius 3 is 2.50 bits per heavy atom. The molecule has 0 N–H and O–H groups in total. The number of ketones is 2. The molecule has 120 valence electrons. The van der Waals surface area contributed by atoms with Crippen LogP contribution in [0.4, 0.5) is 0 Å². The van der Waals surface area contributed by atoms with Gasteiger partial charge in [0.05, 0.1) is 18.8 Å². The van der Waals surface area contributed by atoms with Gasteiger partial charge in [0.2, 0.25) is 0 Å². The Bertz CT molecular complexity index is 591. The third-order valence-corrected chi connectivity index (χ3v) is 3.68. The van der Waals surface area contributed by atoms with E-state index in [0.717, 1.165) is 0 Å². The molecule has 0 unspecified atom stereocenters. The fourth-order valence-electron chi connectivity index (χ4n) is 1.96. The summed E-state index contributed by atoms with van der Waals surface area (Å²) in [7, 11) is 0. The second-order valence-electron chi connectivity index (χ2n) is 4.66. The first kappa shape index (κ1) is 18.3. The van der Waals surface area contributed by atoms with Gasteiger partial charge >= 0.3 is 5.97 Å². The maximum absolute atomic E-state index is 11.9. The molecule has 0 saturated carbocycles. The van der Waals surface area contributed by atoms with Gasteiger partial charge in [-0.25, -0.2) is 0 Å². The Morgan fingerprint density at radius 2 is 1.95 bits per heavy atom. The summed E-state index contributed by atoms with van der Waals surface area (Å²) in [5.74, 6) is -0.957. The molecule has 0 radical (unpaired) electrons. The minimum Gasteiger partial charge on any atom is -0.466 e. The largest absolute Gasteiger partial charge is 0.466 e. The van der Waals surface area contributed by atoms with Gasteiger partial charge in [0.25, 0.3) is 0 Å². The van der Waals surface area contributed by atoms with Gasteiger partial charge in [0, 0.05) is 23.0 Å². The number of carbonyl (C=O) groups excluding carboxylic acids is 4. The van der Waals surface area contributed by atoms with Crippen LogP contribution >= 0.6 is 15.9 Å². The smallest absolute Gasteiger partial charge is 0.313 e. The number of aromatic nitrogens is 1. The molecule has 0 fully saturated rings. The van der Waals surface area contributed by atoms with Crippen LogP contribution in [0.25, 0.3) is 0 Å². The van der Waals surface area contributed by atoms with E-state index in [0.29, 0.717) is 28.6 Å². The third kappa shape index (κ3) is 4.91. The third-order valence-electron chi connectivity index (χ3n) is 3.04. The number of ether oxygens (including phenoxy) is 1. The number of Topliss-reactive ketones (excluding diaryl/α,β-unsaturated/α-hetero) is 2. The van der Waals surface area contributed by atoms with Gasteiger partial charge in [-0.15, -0.1) is 0 Å². The number of halogens is 1. The Morgan fingerprint density at radius 1 is 1.27 bits per heavy atom. The van der Waals surface area contributed by atoms with Crippen LogP contribution in [-0.4, -0.2) is 35.0 Å². The SMILES string of the molecule is CCOC(=O)CC(=O)Cc1cc(Br)c(C=O)n1CC(=O)CC. The first-order chi connectivity index (χ1) is 10.4. The molecule has 1 aromatic heterocycles. The highest BCUT2D eigenvalue weighted by Gasteiger charge is 2.19. The van der Waals surface area contributed by atoms with Crippen LogP contribution in [0.3, 0.4) is 0 Å². The molecule has 0 saturated heterocycles. The molecule has 0 bridgehead atoms. The first-order valence-corrected chi connectivity index (χ1v) is 7.74. The van der Waals surface area contributed by atoms with Gasteiger partial charge < -0.3 is 9.30 Å². The topological polar surface area (TPSA) is 82.4 Å². The maximum Gasteiger partial charge on any atom is 0.313 e. The van der Waals surface area contributed by atoms with Gasteiger partial charge in [0.1, 0.15) is 12.2 Å². The summed E-state index contributed by atoms with van der Waals surface area (Å²) in [5, 5.41) is 0. The summed E-state index contributed by atoms with van der Waals surface area (Å²) in [6, 6.07) is 1.62. The predicted molar refractivity (Wildman–Crippen MR) is 82.8 cm³/mol. The predicted octanol–water partition coefficient (Wildman–Crippen LogP) is 2.11. The van der Waals surface area contributed by atoms with E-state index in [1.54, 1.807) is 19.9 Å². The number of esters is 1. The maximum atomic E-state index is 11.9. The molecular formula is C15H18BrNO5. The molecule has 1 aromatic rings. The standard InChI is InChI=1S/C15H18BrNO5/c1-3-11(19)8-17-10(6-13(16)14(17)9-18)5-12(20)7-15(21)22-4-2/h6,9H,3-5,7-8H2,1-2H3. The Balaban J connectivity index is 2.94. The summed E-state index contributed by atoms with van der Waals surface area (Å²) in [5.41, 5.74) is 0.825. The van der Waals surface area contributed by atoms with E-state index < -0.39 is 5.97 Å². The van der Waals surface area contributed by atoms with Crippen molar-refractivity contribution in [2.45, 2.75) is 39.7 Å². The highest BCUT2D eigenvalue weighted by Crippen LogP contribution is 2.22. The quantitative estimate of drug-likeness (QED) is 0.377. The van der Waals surface area contributed by atoms with E-state index in [1.165, 1.54) is 4.57 Å². The highest BCUT2D eigenvalue weighted by atomic mass is 79.9. The minimum atomic E-state index is -0.579. The number of hydrogen-bond donors (Lipinski definition) is 0. The van der Waals surface area contributed by atoms with Crippen molar-refractivity contribution in [3.05, 3.63) is 21.9 Å². The van der Waals surface area contributed by atoms with Crippen LogP contribution in [0, 0.1) is 0 Å². The molecule has 1 rings (SSSR count). The Labute approximate surface area is 136 Å². The number of aldehydes is 1. The normalized spacial score (nSPS) is 10.3. The number of nitrogens with zero attached hydrogens (tertiary/aromatic N) is 1. The van der Waals surface area contributed by atoms with Crippen LogP contribution in [0.2, 0.25) is 0 Å². The minimum absolute atomic E-state index is 0.0260. The van der Waals surface area contributed by atoms with E-state index in [9.17, 15) is 19.2 Å². The molecule has 0 aliphatic heterocycles. The molecule has 0 spiro atoms. The zero-order valence-electron chi connectivity index (χ0n) is 12.6. The van der Waals surface area contributed by atoms with E-state index in [2.05, 4.69) is 15.9 Å². The van der Waals surface area contributed by atoms with Crippen molar-refractivity contribution in [3.63, 3.8) is 0 Å². The average Bonchev–Trinajstić information content (AvgIpc) is 2.73. The first-order valence-electron chi connectivity index (χ1n) is 6.94. The lowest BCUT2D eigenvalue weighted by Gasteiger charge is -2.09. The van der Waals surface area contributed by atoms with Crippen LogP contribution in [-0.2, 0) is 32.1 Å². The lowest BCUT2D eigenvalue weighted by molar-refractivity contribution is -0.145. The second kappa shape index (κ2) is 8.63. The molecular weight excluding hydrogens is 354 g/mol. The summed E-state index contributed by atoms with van der Waals surface area (Å²) < 4.78 is 6.75. The molecule has 0 aliphatic rings. The monoisotopic (exact) mass is 371 g/mol. The van der Waals surface area contributed by atoms with Crippen LogP contribution in [0.15, 0.2) is 10.5 Å². The highest BCUT2D eigenvalue weighted by molar-refractivity contribution is 9.10. The summed E-state index contributed by atoms with van der Waals surface area (Å²) in [6.07, 6.45) is 0.605. The second-order valence-corrected chi connectivity index (χ2v) is 5.52. The molecule has 0 atom stereocenters. The van der Waals surface area contributed by atoms with Crippen molar-refractivity contribution < 1.29 is 23.9 Å². The van der Waals surface area contributed by atoms with Crippen molar-refractivity contribution in [3.8, 4) is 0 Å². The van der Waals surface area contributed by atoms with Crippen molar-refractivity contribution in [2.75, 3.05) is 6.61 Å². The molecule has 0 aliphatic carbocycles. The molecule has 7 heteroatoms. The molecule has 1 heterocycles. The fraction of sp³-hybridized carbons (Fsp3) is 0.467. The number of carbonyl (C=O) groups is 4. The van der Waals surface area contributed by atoms with Gasteiger partial charge in [-0.2, -0.15) is 0 Å². The van der Waals surface area contributed by atoms with Gasteiger partial charge in [-0.1, -0.05) is 6.92 Å². The molecule has 6 nitrogen and oxygen atoms in total. The van der Waals surface area contributed by atoms with Crippen LogP contribution < -0.4 is 0 Å². The summed E-state index contributed by atoms with van der Waals surface area (Å²) >= 11 is 3.24. The number of rotatable bonds is 9. The van der Waals surface area contributed by atoms with Gasteiger partial charge in [0.15, 0.2) is 12.1 Å². The summed E-state index contributed by atoms with van der Waals surface area (Å²) in [6.45, 7) is 3.64. The average molecular weight is 372 g/mol. The lowest BCUT2D eigenvalue weighted by atomic mass is 10.1. The Kier molecular flexibility index (Phi) is 7.17. The number of hydrogen-bond acceptors (Lipinski definition) is 5. The van der Waals surface area contributed by atoms with Crippen molar-refractivity contribution >= 4 is 39.8 Å².